The molecule has 6 nitrogen and oxygen atoms in total. The lowest BCUT2D eigenvalue weighted by molar-refractivity contribution is 0.0690. The van der Waals surface area contributed by atoms with E-state index in [2.05, 4.69) is 10.3 Å². The molecule has 0 aromatic carbocycles. The van der Waals surface area contributed by atoms with Gasteiger partial charge in [-0.15, -0.1) is 0 Å². The maximum Gasteiger partial charge on any atom is 0.354 e. The first kappa shape index (κ1) is 12.8. The lowest BCUT2D eigenvalue weighted by Crippen LogP contribution is -2.22. The normalized spacial score (nSPS) is 10.2. The van der Waals surface area contributed by atoms with Gasteiger partial charge in [0.15, 0.2) is 0 Å². The number of furan rings is 1. The highest BCUT2D eigenvalue weighted by molar-refractivity contribution is 5.93. The number of nitrogens with zero attached hydrogens (tertiary/aromatic N) is 1. The summed E-state index contributed by atoms with van der Waals surface area (Å²) in [6, 6.07) is 4.64. The Morgan fingerprint density at radius 3 is 2.74 bits per heavy atom. The number of pyridine rings is 1. The van der Waals surface area contributed by atoms with Gasteiger partial charge in [0.2, 0.25) is 0 Å². The van der Waals surface area contributed by atoms with Crippen molar-refractivity contribution >= 4 is 11.9 Å². The number of aryl methyl sites for hydroxylation is 1. The predicted octanol–water partition coefficient (Wildman–Crippen LogP) is 1.61. The molecule has 0 fully saturated rings. The topological polar surface area (TPSA) is 92.4 Å². The number of carbonyl (C=O) groups is 2. The van der Waals surface area contributed by atoms with E-state index < -0.39 is 5.97 Å². The van der Waals surface area contributed by atoms with E-state index >= 15 is 0 Å². The molecule has 0 bridgehead atoms. The molecule has 0 unspecified atom stereocenters. The van der Waals surface area contributed by atoms with Gasteiger partial charge >= 0.3 is 5.97 Å². The fraction of sp³-hybridized carbons (Fsp3) is 0.154. The van der Waals surface area contributed by atoms with Crippen LogP contribution in [0.25, 0.3) is 0 Å². The van der Waals surface area contributed by atoms with E-state index in [4.69, 9.17) is 9.52 Å². The van der Waals surface area contributed by atoms with E-state index in [0.29, 0.717) is 11.3 Å². The fourth-order valence-electron chi connectivity index (χ4n) is 1.50. The van der Waals surface area contributed by atoms with Gasteiger partial charge in [-0.3, -0.25) is 4.79 Å². The third-order valence-electron chi connectivity index (χ3n) is 2.49. The van der Waals surface area contributed by atoms with Gasteiger partial charge in [0, 0.05) is 12.7 Å². The van der Waals surface area contributed by atoms with E-state index in [1.807, 2.05) is 0 Å². The van der Waals surface area contributed by atoms with Crippen molar-refractivity contribution in [2.24, 2.45) is 0 Å². The van der Waals surface area contributed by atoms with Crippen molar-refractivity contribution in [3.63, 3.8) is 0 Å². The van der Waals surface area contributed by atoms with Gasteiger partial charge in [-0.2, -0.15) is 0 Å². The van der Waals surface area contributed by atoms with Gasteiger partial charge in [0.05, 0.1) is 5.56 Å². The van der Waals surface area contributed by atoms with E-state index in [1.165, 1.54) is 18.5 Å². The highest BCUT2D eigenvalue weighted by Crippen LogP contribution is 2.06. The molecule has 98 valence electrons. The fourth-order valence-corrected chi connectivity index (χ4v) is 1.50. The zero-order chi connectivity index (χ0) is 13.8. The average Bonchev–Trinajstić information content (AvgIpc) is 2.83. The maximum atomic E-state index is 11.7. The Labute approximate surface area is 109 Å². The van der Waals surface area contributed by atoms with Crippen molar-refractivity contribution in [2.75, 3.05) is 0 Å². The highest BCUT2D eigenvalue weighted by atomic mass is 16.4. The minimum absolute atomic E-state index is 0.0273. The SMILES string of the molecule is Cc1cc(C(=O)NCc2ccc(C(=O)O)nc2)co1. The van der Waals surface area contributed by atoms with Crippen molar-refractivity contribution in [3.05, 3.63) is 53.2 Å². The Kier molecular flexibility index (Phi) is 3.61. The molecule has 0 aliphatic heterocycles. The number of aromatic nitrogens is 1. The van der Waals surface area contributed by atoms with E-state index in [-0.39, 0.29) is 18.1 Å². The van der Waals surface area contributed by atoms with Crippen molar-refractivity contribution in [3.8, 4) is 0 Å². The van der Waals surface area contributed by atoms with Crippen LogP contribution in [0.4, 0.5) is 0 Å². The quantitative estimate of drug-likeness (QED) is 0.871. The molecule has 1 amide bonds. The largest absolute Gasteiger partial charge is 0.477 e. The third kappa shape index (κ3) is 3.19. The van der Waals surface area contributed by atoms with E-state index in [1.54, 1.807) is 19.1 Å². The summed E-state index contributed by atoms with van der Waals surface area (Å²) in [6.45, 7) is 2.03. The number of carboxylic acids is 1. The summed E-state index contributed by atoms with van der Waals surface area (Å²) in [6.07, 6.45) is 2.81. The molecule has 0 atom stereocenters. The summed E-state index contributed by atoms with van der Waals surface area (Å²) >= 11 is 0. The number of aromatic carboxylic acids is 1. The van der Waals surface area contributed by atoms with E-state index in [0.717, 1.165) is 5.56 Å². The minimum atomic E-state index is -1.08. The molecule has 2 heterocycles. The third-order valence-corrected chi connectivity index (χ3v) is 2.49. The molecule has 19 heavy (non-hydrogen) atoms. The van der Waals surface area contributed by atoms with Crippen LogP contribution in [-0.4, -0.2) is 22.0 Å². The number of hydrogen-bond donors (Lipinski definition) is 2. The van der Waals surface area contributed by atoms with E-state index in [9.17, 15) is 9.59 Å². The minimum Gasteiger partial charge on any atom is -0.477 e. The molecule has 2 N–H and O–H groups in total. The van der Waals surface area contributed by atoms with Crippen LogP contribution in [0.15, 0.2) is 35.1 Å². The zero-order valence-corrected chi connectivity index (χ0v) is 10.2. The second kappa shape index (κ2) is 5.34. The predicted molar refractivity (Wildman–Crippen MR) is 65.8 cm³/mol. The number of carbonyl (C=O) groups excluding carboxylic acids is 1. The number of nitrogens with one attached hydrogen (secondary N) is 1. The number of carboxylic acid groups (broad SMARTS) is 1. The Morgan fingerprint density at radius 2 is 2.21 bits per heavy atom. The molecule has 0 saturated carbocycles. The molecular formula is C13H12N2O4. The van der Waals surface area contributed by atoms with Gasteiger partial charge in [-0.05, 0) is 24.6 Å². The first-order valence-electron chi connectivity index (χ1n) is 5.58. The van der Waals surface area contributed by atoms with Crippen LogP contribution in [0.2, 0.25) is 0 Å². The van der Waals surface area contributed by atoms with Crippen molar-refractivity contribution < 1.29 is 19.1 Å². The molecule has 2 aromatic heterocycles. The second-order valence-electron chi connectivity index (χ2n) is 3.99. The molecule has 6 heteroatoms. The number of hydrogen-bond acceptors (Lipinski definition) is 4. The van der Waals surface area contributed by atoms with Crippen LogP contribution in [0.3, 0.4) is 0 Å². The van der Waals surface area contributed by atoms with Gasteiger partial charge in [0.1, 0.15) is 17.7 Å². The van der Waals surface area contributed by atoms with Crippen LogP contribution in [0.5, 0.6) is 0 Å². The summed E-state index contributed by atoms with van der Waals surface area (Å²) in [5.41, 5.74) is 1.15. The van der Waals surface area contributed by atoms with Crippen LogP contribution in [0, 0.1) is 6.92 Å². The van der Waals surface area contributed by atoms with Crippen LogP contribution < -0.4 is 5.32 Å². The zero-order valence-electron chi connectivity index (χ0n) is 10.2. The molecule has 0 aliphatic carbocycles. The molecule has 0 radical (unpaired) electrons. The summed E-state index contributed by atoms with van der Waals surface area (Å²) < 4.78 is 5.04. The van der Waals surface area contributed by atoms with Crippen molar-refractivity contribution in [2.45, 2.75) is 13.5 Å². The summed E-state index contributed by atoms with van der Waals surface area (Å²) in [4.78, 5) is 26.1. The maximum absolute atomic E-state index is 11.7. The summed E-state index contributed by atoms with van der Waals surface area (Å²) in [7, 11) is 0. The van der Waals surface area contributed by atoms with Crippen LogP contribution >= 0.6 is 0 Å². The molecule has 0 aliphatic rings. The van der Waals surface area contributed by atoms with Crippen LogP contribution in [0.1, 0.15) is 32.2 Å². The first-order valence-corrected chi connectivity index (χ1v) is 5.58. The average molecular weight is 260 g/mol. The van der Waals surface area contributed by atoms with Crippen LogP contribution in [-0.2, 0) is 6.54 Å². The monoisotopic (exact) mass is 260 g/mol. The van der Waals surface area contributed by atoms with Gasteiger partial charge < -0.3 is 14.8 Å². The molecule has 2 aromatic rings. The Morgan fingerprint density at radius 1 is 1.42 bits per heavy atom. The molecule has 0 saturated heterocycles. The smallest absolute Gasteiger partial charge is 0.354 e. The Balaban J connectivity index is 1.95. The number of rotatable bonds is 4. The summed E-state index contributed by atoms with van der Waals surface area (Å²) in [5, 5.41) is 11.4. The standard InChI is InChI=1S/C13H12N2O4/c1-8-4-10(7-19-8)12(16)15-6-9-2-3-11(13(17)18)14-5-9/h2-5,7H,6H2,1H3,(H,15,16)(H,17,18). The number of amides is 1. The molecular weight excluding hydrogens is 248 g/mol. The van der Waals surface area contributed by atoms with Gasteiger partial charge in [0.25, 0.3) is 5.91 Å². The summed E-state index contributed by atoms with van der Waals surface area (Å²) in [5.74, 6) is -0.666. The van der Waals surface area contributed by atoms with Crippen molar-refractivity contribution in [1.82, 2.24) is 10.3 Å². The van der Waals surface area contributed by atoms with Gasteiger partial charge in [-0.25, -0.2) is 9.78 Å². The lowest BCUT2D eigenvalue weighted by Gasteiger charge is -2.03. The molecule has 2 rings (SSSR count). The first-order chi connectivity index (χ1) is 9.06. The molecule has 0 spiro atoms. The second-order valence-corrected chi connectivity index (χ2v) is 3.99. The Hall–Kier alpha value is -2.63. The lowest BCUT2D eigenvalue weighted by atomic mass is 10.2. The van der Waals surface area contributed by atoms with Crippen molar-refractivity contribution in [1.29, 1.82) is 0 Å². The van der Waals surface area contributed by atoms with Gasteiger partial charge in [-0.1, -0.05) is 6.07 Å². The Bertz CT molecular complexity index is 601. The highest BCUT2D eigenvalue weighted by Gasteiger charge is 2.08.